The SMILES string of the molecule is CCOC(=O)c1c(NC(=O)COC(=O)[C@H]2CC=CCC2)sc(CC)c1C. The number of anilines is 1. The molecule has 0 aromatic carbocycles. The number of nitrogens with one attached hydrogen (secondary N) is 1. The molecule has 1 amide bonds. The lowest BCUT2D eigenvalue weighted by Gasteiger charge is -2.16. The number of ether oxygens (including phenoxy) is 2. The number of allylic oxidation sites excluding steroid dienone is 2. The highest BCUT2D eigenvalue weighted by molar-refractivity contribution is 7.17. The zero-order valence-corrected chi connectivity index (χ0v) is 16.2. The number of carbonyl (C=O) groups excluding carboxylic acids is 3. The van der Waals surface area contributed by atoms with Crippen LogP contribution >= 0.6 is 11.3 Å². The first-order valence-corrected chi connectivity index (χ1v) is 9.70. The second-order valence-electron chi connectivity index (χ2n) is 6.07. The molecule has 1 aromatic heterocycles. The molecule has 26 heavy (non-hydrogen) atoms. The quantitative estimate of drug-likeness (QED) is 0.578. The first-order valence-electron chi connectivity index (χ1n) is 8.88. The third-order valence-corrected chi connectivity index (χ3v) is 5.60. The minimum absolute atomic E-state index is 0.182. The topological polar surface area (TPSA) is 81.7 Å². The molecule has 1 atom stereocenters. The number of amides is 1. The van der Waals surface area contributed by atoms with Crippen LogP contribution in [0.15, 0.2) is 12.2 Å². The van der Waals surface area contributed by atoms with E-state index in [-0.39, 0.29) is 25.1 Å². The van der Waals surface area contributed by atoms with Crippen LogP contribution in [0.3, 0.4) is 0 Å². The summed E-state index contributed by atoms with van der Waals surface area (Å²) in [4.78, 5) is 37.4. The molecule has 1 aliphatic rings. The number of esters is 2. The fourth-order valence-electron chi connectivity index (χ4n) is 2.86. The van der Waals surface area contributed by atoms with Gasteiger partial charge in [0.2, 0.25) is 0 Å². The van der Waals surface area contributed by atoms with Crippen molar-refractivity contribution >= 4 is 34.2 Å². The summed E-state index contributed by atoms with van der Waals surface area (Å²) in [5.41, 5.74) is 1.20. The summed E-state index contributed by atoms with van der Waals surface area (Å²) < 4.78 is 10.2. The van der Waals surface area contributed by atoms with E-state index in [9.17, 15) is 14.4 Å². The highest BCUT2D eigenvalue weighted by Gasteiger charge is 2.24. The van der Waals surface area contributed by atoms with Gasteiger partial charge in [0.05, 0.1) is 18.1 Å². The summed E-state index contributed by atoms with van der Waals surface area (Å²) in [5.74, 6) is -1.45. The van der Waals surface area contributed by atoms with Gasteiger partial charge in [-0.1, -0.05) is 19.1 Å². The van der Waals surface area contributed by atoms with Crippen molar-refractivity contribution < 1.29 is 23.9 Å². The number of hydrogen-bond acceptors (Lipinski definition) is 6. The molecule has 0 unspecified atom stereocenters. The predicted molar refractivity (Wildman–Crippen MR) is 100 cm³/mol. The van der Waals surface area contributed by atoms with Gasteiger partial charge in [-0.2, -0.15) is 0 Å². The van der Waals surface area contributed by atoms with Crippen LogP contribution in [0.25, 0.3) is 0 Å². The number of carbonyl (C=O) groups is 3. The first kappa shape index (κ1) is 20.2. The van der Waals surface area contributed by atoms with Gasteiger partial charge in [0.25, 0.3) is 5.91 Å². The minimum Gasteiger partial charge on any atom is -0.462 e. The van der Waals surface area contributed by atoms with Crippen molar-refractivity contribution in [3.63, 3.8) is 0 Å². The molecule has 142 valence electrons. The van der Waals surface area contributed by atoms with Crippen molar-refractivity contribution in [1.82, 2.24) is 0 Å². The molecular formula is C19H25NO5S. The number of rotatable bonds is 7. The van der Waals surface area contributed by atoms with Crippen molar-refractivity contribution in [3.8, 4) is 0 Å². The molecule has 0 bridgehead atoms. The Bertz CT molecular complexity index is 707. The van der Waals surface area contributed by atoms with Crippen molar-refractivity contribution in [1.29, 1.82) is 0 Å². The van der Waals surface area contributed by atoms with Crippen LogP contribution in [-0.2, 0) is 25.5 Å². The summed E-state index contributed by atoms with van der Waals surface area (Å²) in [5, 5.41) is 3.14. The van der Waals surface area contributed by atoms with E-state index in [1.807, 2.05) is 26.0 Å². The summed E-state index contributed by atoms with van der Waals surface area (Å²) in [6.07, 6.45) is 7.00. The van der Waals surface area contributed by atoms with E-state index >= 15 is 0 Å². The molecule has 1 N–H and O–H groups in total. The summed E-state index contributed by atoms with van der Waals surface area (Å²) in [7, 11) is 0. The van der Waals surface area contributed by atoms with Crippen LogP contribution in [0.4, 0.5) is 5.00 Å². The van der Waals surface area contributed by atoms with Crippen molar-refractivity contribution in [2.45, 2.75) is 46.5 Å². The van der Waals surface area contributed by atoms with E-state index in [4.69, 9.17) is 9.47 Å². The summed E-state index contributed by atoms with van der Waals surface area (Å²) in [6, 6.07) is 0. The van der Waals surface area contributed by atoms with E-state index in [1.54, 1.807) is 6.92 Å². The van der Waals surface area contributed by atoms with Gasteiger partial charge in [0.15, 0.2) is 6.61 Å². The van der Waals surface area contributed by atoms with Gasteiger partial charge in [0.1, 0.15) is 5.00 Å². The second kappa shape index (κ2) is 9.52. The van der Waals surface area contributed by atoms with Gasteiger partial charge in [-0.3, -0.25) is 9.59 Å². The predicted octanol–water partition coefficient (Wildman–Crippen LogP) is 3.63. The molecule has 6 nitrogen and oxygen atoms in total. The zero-order chi connectivity index (χ0) is 19.1. The number of hydrogen-bond donors (Lipinski definition) is 1. The Morgan fingerprint density at radius 2 is 2.00 bits per heavy atom. The Morgan fingerprint density at radius 3 is 2.62 bits per heavy atom. The third kappa shape index (κ3) is 4.94. The lowest BCUT2D eigenvalue weighted by molar-refractivity contribution is -0.151. The molecule has 1 aliphatic carbocycles. The zero-order valence-electron chi connectivity index (χ0n) is 15.4. The fourth-order valence-corrected chi connectivity index (χ4v) is 4.01. The highest BCUT2D eigenvalue weighted by Crippen LogP contribution is 2.34. The number of thiophene rings is 1. The summed E-state index contributed by atoms with van der Waals surface area (Å²) in [6.45, 7) is 5.46. The molecule has 0 fully saturated rings. The average molecular weight is 379 g/mol. The Labute approximate surface area is 157 Å². The molecule has 1 heterocycles. The Kier molecular flexibility index (Phi) is 7.38. The van der Waals surface area contributed by atoms with Crippen molar-refractivity contribution in [2.75, 3.05) is 18.5 Å². The lowest BCUT2D eigenvalue weighted by Crippen LogP contribution is -2.25. The molecule has 0 saturated heterocycles. The molecule has 1 aromatic rings. The normalized spacial score (nSPS) is 16.2. The standard InChI is InChI=1S/C19H25NO5S/c1-4-14-12(3)16(19(23)24-5-2)17(26-14)20-15(21)11-25-18(22)13-9-7-6-8-10-13/h6-7,13H,4-5,8-11H2,1-3H3,(H,20,21)/t13-/m0/s1. The second-order valence-corrected chi connectivity index (χ2v) is 7.17. The maximum atomic E-state index is 12.2. The third-order valence-electron chi connectivity index (χ3n) is 4.25. The summed E-state index contributed by atoms with van der Waals surface area (Å²) >= 11 is 1.35. The smallest absolute Gasteiger partial charge is 0.341 e. The van der Waals surface area contributed by atoms with E-state index < -0.39 is 11.9 Å². The molecule has 2 rings (SSSR count). The minimum atomic E-state index is -0.459. The Balaban J connectivity index is 2.00. The monoisotopic (exact) mass is 379 g/mol. The van der Waals surface area contributed by atoms with Crippen LogP contribution in [0.2, 0.25) is 0 Å². The average Bonchev–Trinajstić information content (AvgIpc) is 2.95. The van der Waals surface area contributed by atoms with Gasteiger partial charge in [-0.15, -0.1) is 11.3 Å². The van der Waals surface area contributed by atoms with Crippen LogP contribution in [0, 0.1) is 12.8 Å². The maximum Gasteiger partial charge on any atom is 0.341 e. The van der Waals surface area contributed by atoms with Gasteiger partial charge in [-0.05, 0) is 45.1 Å². The highest BCUT2D eigenvalue weighted by atomic mass is 32.1. The van der Waals surface area contributed by atoms with E-state index in [1.165, 1.54) is 11.3 Å². The van der Waals surface area contributed by atoms with Crippen LogP contribution < -0.4 is 5.32 Å². The molecule has 0 saturated carbocycles. The fraction of sp³-hybridized carbons (Fsp3) is 0.526. The molecule has 0 radical (unpaired) electrons. The van der Waals surface area contributed by atoms with Gasteiger partial charge < -0.3 is 14.8 Å². The molecule has 7 heteroatoms. The first-order chi connectivity index (χ1) is 12.5. The largest absolute Gasteiger partial charge is 0.462 e. The van der Waals surface area contributed by atoms with Crippen molar-refractivity contribution in [3.05, 3.63) is 28.2 Å². The number of aryl methyl sites for hydroxylation is 1. The van der Waals surface area contributed by atoms with Crippen LogP contribution in [0.1, 0.15) is 53.9 Å². The van der Waals surface area contributed by atoms with E-state index in [2.05, 4.69) is 5.32 Å². The molecule has 0 aliphatic heterocycles. The molecule has 0 spiro atoms. The van der Waals surface area contributed by atoms with Crippen LogP contribution in [0.5, 0.6) is 0 Å². The van der Waals surface area contributed by atoms with Crippen molar-refractivity contribution in [2.24, 2.45) is 5.92 Å². The maximum absolute atomic E-state index is 12.2. The Hall–Kier alpha value is -2.15. The van der Waals surface area contributed by atoms with Gasteiger partial charge in [-0.25, -0.2) is 4.79 Å². The lowest BCUT2D eigenvalue weighted by atomic mass is 9.95. The Morgan fingerprint density at radius 1 is 1.23 bits per heavy atom. The van der Waals surface area contributed by atoms with Gasteiger partial charge >= 0.3 is 11.9 Å². The molecular weight excluding hydrogens is 354 g/mol. The van der Waals surface area contributed by atoms with E-state index in [0.29, 0.717) is 17.0 Å². The van der Waals surface area contributed by atoms with Crippen LogP contribution in [-0.4, -0.2) is 31.1 Å². The van der Waals surface area contributed by atoms with Gasteiger partial charge in [0, 0.05) is 4.88 Å². The van der Waals surface area contributed by atoms with E-state index in [0.717, 1.165) is 29.7 Å².